The summed E-state index contributed by atoms with van der Waals surface area (Å²) >= 11 is 3.11. The molecule has 1 aromatic carbocycles. The smallest absolute Gasteiger partial charge is 0.240 e. The van der Waals surface area contributed by atoms with Gasteiger partial charge >= 0.3 is 0 Å². The van der Waals surface area contributed by atoms with Gasteiger partial charge in [0.25, 0.3) is 0 Å². The van der Waals surface area contributed by atoms with Gasteiger partial charge in [-0.2, -0.15) is 0 Å². The van der Waals surface area contributed by atoms with Crippen LogP contribution in [0.4, 0.5) is 0 Å². The molecule has 0 bridgehead atoms. The van der Waals surface area contributed by atoms with Crippen LogP contribution in [0.25, 0.3) is 10.2 Å². The second-order valence-corrected chi connectivity index (χ2v) is 7.67. The summed E-state index contributed by atoms with van der Waals surface area (Å²) in [4.78, 5) is 23.8. The van der Waals surface area contributed by atoms with Crippen LogP contribution in [0, 0.1) is 0 Å². The molecule has 1 amide bonds. The lowest BCUT2D eigenvalue weighted by Crippen LogP contribution is -2.42. The second-order valence-electron chi connectivity index (χ2n) is 5.66. The van der Waals surface area contributed by atoms with E-state index in [-0.39, 0.29) is 11.2 Å². The summed E-state index contributed by atoms with van der Waals surface area (Å²) in [6.07, 6.45) is 1.57. The molecule has 0 radical (unpaired) electrons. The molecule has 25 heavy (non-hydrogen) atoms. The Morgan fingerprint density at radius 1 is 1.16 bits per heavy atom. The molecule has 7 heteroatoms. The summed E-state index contributed by atoms with van der Waals surface area (Å²) in [5.41, 5.74) is 1.92. The van der Waals surface area contributed by atoms with Crippen molar-refractivity contribution in [3.05, 3.63) is 53.7 Å². The first-order valence-electron chi connectivity index (χ1n) is 8.09. The maximum atomic E-state index is 13.2. The molecule has 1 aliphatic heterocycles. The van der Waals surface area contributed by atoms with Crippen molar-refractivity contribution in [3.8, 4) is 0 Å². The molecule has 1 atom stereocenters. The first-order valence-corrected chi connectivity index (χ1v) is 9.85. The highest BCUT2D eigenvalue weighted by Crippen LogP contribution is 2.39. The molecule has 0 saturated carbocycles. The van der Waals surface area contributed by atoms with Crippen molar-refractivity contribution in [1.29, 1.82) is 0 Å². The van der Waals surface area contributed by atoms with Crippen LogP contribution in [0.5, 0.6) is 0 Å². The number of thiophene rings is 1. The molecule has 1 unspecified atom stereocenters. The van der Waals surface area contributed by atoms with E-state index in [1.807, 2.05) is 46.7 Å². The predicted molar refractivity (Wildman–Crippen MR) is 99.9 cm³/mol. The number of benzene rings is 1. The molecule has 1 saturated heterocycles. The third-order valence-corrected chi connectivity index (χ3v) is 6.37. The van der Waals surface area contributed by atoms with Gasteiger partial charge in [0.1, 0.15) is 16.6 Å². The van der Waals surface area contributed by atoms with Gasteiger partial charge in [-0.1, -0.05) is 42.1 Å². The SMILES string of the molecule is O=C(C(Sc1ncnc2ccsc12)c1ccccc1)N1CCOCC1. The molecule has 3 heterocycles. The van der Waals surface area contributed by atoms with Gasteiger partial charge in [-0.15, -0.1) is 11.3 Å². The van der Waals surface area contributed by atoms with E-state index in [0.29, 0.717) is 26.3 Å². The van der Waals surface area contributed by atoms with Gasteiger partial charge in [0.2, 0.25) is 5.91 Å². The maximum absolute atomic E-state index is 13.2. The van der Waals surface area contributed by atoms with Gasteiger partial charge < -0.3 is 9.64 Å². The van der Waals surface area contributed by atoms with Crippen LogP contribution in [0.3, 0.4) is 0 Å². The van der Waals surface area contributed by atoms with Crippen molar-refractivity contribution >= 4 is 39.2 Å². The number of amides is 1. The van der Waals surface area contributed by atoms with E-state index in [9.17, 15) is 4.79 Å². The number of aromatic nitrogens is 2. The van der Waals surface area contributed by atoms with Crippen molar-refractivity contribution in [2.45, 2.75) is 10.3 Å². The summed E-state index contributed by atoms with van der Waals surface area (Å²) in [5, 5.41) is 2.54. The van der Waals surface area contributed by atoms with Crippen LogP contribution >= 0.6 is 23.1 Å². The fourth-order valence-electron chi connectivity index (χ4n) is 2.80. The number of rotatable bonds is 4. The summed E-state index contributed by atoms with van der Waals surface area (Å²) in [7, 11) is 0. The van der Waals surface area contributed by atoms with Gasteiger partial charge in [-0.05, 0) is 17.0 Å². The van der Waals surface area contributed by atoms with Crippen molar-refractivity contribution in [3.63, 3.8) is 0 Å². The fraction of sp³-hybridized carbons (Fsp3) is 0.278. The molecular weight excluding hydrogens is 354 g/mol. The fourth-order valence-corrected chi connectivity index (χ4v) is 4.90. The maximum Gasteiger partial charge on any atom is 0.240 e. The molecule has 2 aromatic heterocycles. The first kappa shape index (κ1) is 16.5. The zero-order valence-corrected chi connectivity index (χ0v) is 15.1. The van der Waals surface area contributed by atoms with Crippen LogP contribution in [0.2, 0.25) is 0 Å². The minimum absolute atomic E-state index is 0.114. The average Bonchev–Trinajstić information content (AvgIpc) is 3.16. The molecule has 0 aliphatic carbocycles. The number of morpholine rings is 1. The number of fused-ring (bicyclic) bond motifs is 1. The minimum atomic E-state index is -0.320. The molecule has 3 aromatic rings. The van der Waals surface area contributed by atoms with Gasteiger partial charge in [0.15, 0.2) is 0 Å². The van der Waals surface area contributed by atoms with E-state index in [1.165, 1.54) is 11.8 Å². The van der Waals surface area contributed by atoms with Gasteiger partial charge in [0, 0.05) is 13.1 Å². The topological polar surface area (TPSA) is 55.3 Å². The molecule has 0 spiro atoms. The Bertz CT molecular complexity index is 863. The van der Waals surface area contributed by atoms with Crippen LogP contribution < -0.4 is 0 Å². The Balaban J connectivity index is 1.68. The lowest BCUT2D eigenvalue weighted by Gasteiger charge is -2.30. The zero-order valence-electron chi connectivity index (χ0n) is 13.5. The van der Waals surface area contributed by atoms with Gasteiger partial charge in [-0.25, -0.2) is 9.97 Å². The van der Waals surface area contributed by atoms with E-state index >= 15 is 0 Å². The Kier molecular flexibility index (Phi) is 4.96. The molecule has 1 fully saturated rings. The standard InChI is InChI=1S/C18H17N3O2S2/c22-18(21-7-9-23-10-8-21)15(13-4-2-1-3-5-13)25-17-16-14(6-11-24-16)19-12-20-17/h1-6,11-12,15H,7-10H2. The van der Waals surface area contributed by atoms with E-state index in [0.717, 1.165) is 20.8 Å². The minimum Gasteiger partial charge on any atom is -0.378 e. The average molecular weight is 371 g/mol. The largest absolute Gasteiger partial charge is 0.378 e. The van der Waals surface area contributed by atoms with E-state index in [4.69, 9.17) is 4.74 Å². The highest BCUT2D eigenvalue weighted by Gasteiger charge is 2.29. The third kappa shape index (κ3) is 3.53. The second kappa shape index (κ2) is 7.51. The van der Waals surface area contributed by atoms with E-state index in [2.05, 4.69) is 9.97 Å². The lowest BCUT2D eigenvalue weighted by molar-refractivity contribution is -0.134. The number of hydrogen-bond acceptors (Lipinski definition) is 6. The van der Waals surface area contributed by atoms with Crippen LogP contribution in [-0.2, 0) is 9.53 Å². The summed E-state index contributed by atoms with van der Waals surface area (Å²) in [6, 6.07) is 11.9. The van der Waals surface area contributed by atoms with Crippen LogP contribution in [0.1, 0.15) is 10.8 Å². The molecule has 1 aliphatic rings. The van der Waals surface area contributed by atoms with Crippen LogP contribution in [-0.4, -0.2) is 47.1 Å². The van der Waals surface area contributed by atoms with Crippen molar-refractivity contribution in [2.24, 2.45) is 0 Å². The summed E-state index contributed by atoms with van der Waals surface area (Å²) in [6.45, 7) is 2.48. The Morgan fingerprint density at radius 2 is 1.96 bits per heavy atom. The van der Waals surface area contributed by atoms with Crippen molar-refractivity contribution in [1.82, 2.24) is 14.9 Å². The van der Waals surface area contributed by atoms with Crippen molar-refractivity contribution < 1.29 is 9.53 Å². The number of ether oxygens (including phenoxy) is 1. The zero-order chi connectivity index (χ0) is 17.1. The lowest BCUT2D eigenvalue weighted by atomic mass is 10.1. The Labute approximate surface area is 154 Å². The predicted octanol–water partition coefficient (Wildman–Crippen LogP) is 3.38. The van der Waals surface area contributed by atoms with Gasteiger partial charge in [-0.3, -0.25) is 4.79 Å². The number of carbonyl (C=O) groups excluding carboxylic acids is 1. The van der Waals surface area contributed by atoms with E-state index < -0.39 is 0 Å². The number of nitrogens with zero attached hydrogens (tertiary/aromatic N) is 3. The third-order valence-electron chi connectivity index (χ3n) is 4.09. The van der Waals surface area contributed by atoms with E-state index in [1.54, 1.807) is 17.7 Å². The normalized spacial score (nSPS) is 16.1. The highest BCUT2D eigenvalue weighted by molar-refractivity contribution is 8.00. The summed E-state index contributed by atoms with van der Waals surface area (Å²) in [5.74, 6) is 0.114. The van der Waals surface area contributed by atoms with Crippen LogP contribution in [0.15, 0.2) is 53.1 Å². The Morgan fingerprint density at radius 3 is 2.76 bits per heavy atom. The molecule has 5 nitrogen and oxygen atoms in total. The summed E-state index contributed by atoms with van der Waals surface area (Å²) < 4.78 is 6.41. The number of thioether (sulfide) groups is 1. The molecular formula is C18H17N3O2S2. The highest BCUT2D eigenvalue weighted by atomic mass is 32.2. The monoisotopic (exact) mass is 371 g/mol. The van der Waals surface area contributed by atoms with Crippen molar-refractivity contribution in [2.75, 3.05) is 26.3 Å². The quantitative estimate of drug-likeness (QED) is 0.520. The Hall–Kier alpha value is -1.96. The molecule has 128 valence electrons. The number of carbonyl (C=O) groups is 1. The first-order chi connectivity index (χ1) is 12.3. The number of hydrogen-bond donors (Lipinski definition) is 0. The van der Waals surface area contributed by atoms with Gasteiger partial charge in [0.05, 0.1) is 23.4 Å². The molecule has 4 rings (SSSR count). The molecule has 0 N–H and O–H groups in total.